The fraction of sp³-hybridized carbons (Fsp3) is 0.682. The van der Waals surface area contributed by atoms with Crippen LogP contribution in [0.25, 0.3) is 0 Å². The summed E-state index contributed by atoms with van der Waals surface area (Å²) < 4.78 is 11.4. The molecule has 2 fully saturated rings. The molecule has 1 aliphatic heterocycles. The summed E-state index contributed by atoms with van der Waals surface area (Å²) in [6.07, 6.45) is 5.95. The Morgan fingerprint density at radius 1 is 1.17 bits per heavy atom. The molecule has 1 aromatic rings. The average Bonchev–Trinajstić information content (AvgIpc) is 3.16. The Morgan fingerprint density at radius 2 is 1.90 bits per heavy atom. The van der Waals surface area contributed by atoms with E-state index in [1.165, 1.54) is 25.7 Å². The van der Waals surface area contributed by atoms with Crippen LogP contribution in [0.5, 0.6) is 11.5 Å². The molecule has 1 saturated heterocycles. The van der Waals surface area contributed by atoms with Crippen molar-refractivity contribution in [3.63, 3.8) is 0 Å². The summed E-state index contributed by atoms with van der Waals surface area (Å²) >= 11 is 0. The van der Waals surface area contributed by atoms with Crippen LogP contribution in [0.3, 0.4) is 0 Å². The van der Waals surface area contributed by atoms with Gasteiger partial charge in [0.1, 0.15) is 6.61 Å². The first kappa shape index (κ1) is 26.8. The molecule has 0 spiro atoms. The highest BCUT2D eigenvalue weighted by Gasteiger charge is 2.38. The number of carbonyl (C=O) groups excluding carboxylic acids is 1. The number of amides is 1. The number of halogens is 2. The van der Waals surface area contributed by atoms with E-state index in [1.54, 1.807) is 7.11 Å². The summed E-state index contributed by atoms with van der Waals surface area (Å²) in [7, 11) is 1.63. The SMILES string of the molecule is CCN(CC)CCOc1cc(NC(=O)C2CC3CCCCC3N2)ccc1OC.Cl.Cl. The smallest absolute Gasteiger partial charge is 0.241 e. The van der Waals surface area contributed by atoms with Gasteiger partial charge in [0, 0.05) is 24.3 Å². The number of hydrogen-bond acceptors (Lipinski definition) is 5. The van der Waals surface area contributed by atoms with E-state index in [9.17, 15) is 4.79 Å². The predicted molar refractivity (Wildman–Crippen MR) is 127 cm³/mol. The van der Waals surface area contributed by atoms with Crippen molar-refractivity contribution >= 4 is 36.4 Å². The quantitative estimate of drug-likeness (QED) is 0.578. The lowest BCUT2D eigenvalue weighted by atomic mass is 9.85. The topological polar surface area (TPSA) is 62.8 Å². The van der Waals surface area contributed by atoms with Gasteiger partial charge in [-0.2, -0.15) is 0 Å². The summed E-state index contributed by atoms with van der Waals surface area (Å²) in [6, 6.07) is 6.00. The highest BCUT2D eigenvalue weighted by Crippen LogP contribution is 2.34. The van der Waals surface area contributed by atoms with Gasteiger partial charge in [-0.15, -0.1) is 24.8 Å². The standard InChI is InChI=1S/C22H35N3O3.2ClH/c1-4-25(5-2)12-13-28-21-15-17(10-11-20(21)27-3)23-22(26)19-14-16-8-6-7-9-18(16)24-19;;/h10-11,15-16,18-19,24H,4-9,12-14H2,1-3H3,(H,23,26);2*1H. The van der Waals surface area contributed by atoms with E-state index in [0.717, 1.165) is 31.7 Å². The fourth-order valence-electron chi connectivity index (χ4n) is 4.44. The third kappa shape index (κ3) is 6.91. The maximum absolute atomic E-state index is 12.8. The molecule has 0 aromatic heterocycles. The van der Waals surface area contributed by atoms with Gasteiger partial charge in [0.05, 0.1) is 13.2 Å². The van der Waals surface area contributed by atoms with Gasteiger partial charge in [-0.3, -0.25) is 4.79 Å². The van der Waals surface area contributed by atoms with Gasteiger partial charge in [0.25, 0.3) is 0 Å². The normalized spacial score (nSPS) is 22.5. The molecule has 3 rings (SSSR count). The van der Waals surface area contributed by atoms with Crippen LogP contribution in [0.15, 0.2) is 18.2 Å². The molecule has 1 amide bonds. The highest BCUT2D eigenvalue weighted by molar-refractivity contribution is 5.95. The molecule has 1 heterocycles. The zero-order valence-electron chi connectivity index (χ0n) is 18.3. The Bertz CT molecular complexity index is 645. The summed E-state index contributed by atoms with van der Waals surface area (Å²) in [5.74, 6) is 2.05. The van der Waals surface area contributed by atoms with Crippen molar-refractivity contribution in [3.8, 4) is 11.5 Å². The molecule has 2 N–H and O–H groups in total. The van der Waals surface area contributed by atoms with Crippen LogP contribution in [-0.4, -0.2) is 56.2 Å². The van der Waals surface area contributed by atoms with Crippen LogP contribution >= 0.6 is 24.8 Å². The molecule has 1 aliphatic carbocycles. The molecule has 1 saturated carbocycles. The number of carbonyl (C=O) groups is 1. The van der Waals surface area contributed by atoms with Crippen molar-refractivity contribution < 1.29 is 14.3 Å². The molecule has 2 aliphatic rings. The minimum absolute atomic E-state index is 0. The second-order valence-electron chi connectivity index (χ2n) is 7.84. The molecule has 1 aromatic carbocycles. The van der Waals surface area contributed by atoms with Gasteiger partial charge >= 0.3 is 0 Å². The van der Waals surface area contributed by atoms with Gasteiger partial charge < -0.3 is 25.0 Å². The third-order valence-electron chi connectivity index (χ3n) is 6.17. The molecular formula is C22H37Cl2N3O3. The van der Waals surface area contributed by atoms with E-state index < -0.39 is 0 Å². The van der Waals surface area contributed by atoms with E-state index in [4.69, 9.17) is 9.47 Å². The summed E-state index contributed by atoms with van der Waals surface area (Å²) in [5, 5.41) is 6.60. The first-order chi connectivity index (χ1) is 13.6. The third-order valence-corrected chi connectivity index (χ3v) is 6.17. The average molecular weight is 462 g/mol. The molecular weight excluding hydrogens is 425 g/mol. The Hall–Kier alpha value is -1.21. The minimum Gasteiger partial charge on any atom is -0.493 e. The van der Waals surface area contributed by atoms with Crippen molar-refractivity contribution in [1.29, 1.82) is 0 Å². The lowest BCUT2D eigenvalue weighted by molar-refractivity contribution is -0.117. The Labute approximate surface area is 193 Å². The fourth-order valence-corrected chi connectivity index (χ4v) is 4.44. The summed E-state index contributed by atoms with van der Waals surface area (Å²) in [6.45, 7) is 7.75. The van der Waals surface area contributed by atoms with Crippen molar-refractivity contribution in [1.82, 2.24) is 10.2 Å². The van der Waals surface area contributed by atoms with Gasteiger partial charge in [-0.05, 0) is 50.4 Å². The number of methoxy groups -OCH3 is 1. The number of nitrogens with zero attached hydrogens (tertiary/aromatic N) is 1. The van der Waals surface area contributed by atoms with Gasteiger partial charge in [0.2, 0.25) is 5.91 Å². The van der Waals surface area contributed by atoms with E-state index in [-0.39, 0.29) is 36.8 Å². The van der Waals surface area contributed by atoms with Crippen molar-refractivity contribution in [2.45, 2.75) is 58.0 Å². The van der Waals surface area contributed by atoms with E-state index in [1.807, 2.05) is 18.2 Å². The zero-order valence-corrected chi connectivity index (χ0v) is 19.9. The number of ether oxygens (including phenoxy) is 2. The predicted octanol–water partition coefficient (Wildman–Crippen LogP) is 4.12. The molecule has 30 heavy (non-hydrogen) atoms. The largest absolute Gasteiger partial charge is 0.493 e. The number of likely N-dealkylation sites (N-methyl/N-ethyl adjacent to an activating group) is 1. The van der Waals surface area contributed by atoms with Crippen LogP contribution in [0.2, 0.25) is 0 Å². The monoisotopic (exact) mass is 461 g/mol. The maximum Gasteiger partial charge on any atom is 0.241 e. The maximum atomic E-state index is 12.8. The number of fused-ring (bicyclic) bond motifs is 1. The number of rotatable bonds is 9. The van der Waals surface area contributed by atoms with Crippen LogP contribution in [0.4, 0.5) is 5.69 Å². The highest BCUT2D eigenvalue weighted by atomic mass is 35.5. The van der Waals surface area contributed by atoms with E-state index >= 15 is 0 Å². The summed E-state index contributed by atoms with van der Waals surface area (Å²) in [5.41, 5.74) is 0.750. The molecule has 0 radical (unpaired) electrons. The minimum atomic E-state index is -0.0952. The van der Waals surface area contributed by atoms with Crippen molar-refractivity contribution in [2.24, 2.45) is 5.92 Å². The molecule has 0 bridgehead atoms. The van der Waals surface area contributed by atoms with Crippen LogP contribution in [0.1, 0.15) is 46.0 Å². The van der Waals surface area contributed by atoms with E-state index in [2.05, 4.69) is 29.4 Å². The van der Waals surface area contributed by atoms with E-state index in [0.29, 0.717) is 30.1 Å². The number of hydrogen-bond donors (Lipinski definition) is 2. The number of benzene rings is 1. The van der Waals surface area contributed by atoms with Gasteiger partial charge in [0.15, 0.2) is 11.5 Å². The lowest BCUT2D eigenvalue weighted by Gasteiger charge is -2.24. The van der Waals surface area contributed by atoms with Crippen molar-refractivity contribution in [3.05, 3.63) is 18.2 Å². The first-order valence-corrected chi connectivity index (χ1v) is 10.7. The molecule has 3 unspecified atom stereocenters. The summed E-state index contributed by atoms with van der Waals surface area (Å²) in [4.78, 5) is 15.1. The molecule has 6 nitrogen and oxygen atoms in total. The van der Waals surface area contributed by atoms with Gasteiger partial charge in [-0.1, -0.05) is 26.7 Å². The van der Waals surface area contributed by atoms with Crippen molar-refractivity contribution in [2.75, 3.05) is 38.7 Å². The molecule has 3 atom stereocenters. The van der Waals surface area contributed by atoms with Crippen LogP contribution in [0, 0.1) is 5.92 Å². The molecule has 172 valence electrons. The second kappa shape index (κ2) is 13.3. The van der Waals surface area contributed by atoms with Crippen LogP contribution in [-0.2, 0) is 4.79 Å². The van der Waals surface area contributed by atoms with Gasteiger partial charge in [-0.25, -0.2) is 0 Å². The van der Waals surface area contributed by atoms with Crippen LogP contribution < -0.4 is 20.1 Å². The zero-order chi connectivity index (χ0) is 19.9. The number of anilines is 1. The lowest BCUT2D eigenvalue weighted by Crippen LogP contribution is -2.39. The number of nitrogens with one attached hydrogen (secondary N) is 2. The Morgan fingerprint density at radius 3 is 2.57 bits per heavy atom. The Kier molecular flexibility index (Phi) is 11.9. The second-order valence-corrected chi connectivity index (χ2v) is 7.84. The first-order valence-electron chi connectivity index (χ1n) is 10.7. The molecule has 8 heteroatoms. The Balaban J connectivity index is 0.00000225.